The van der Waals surface area contributed by atoms with Crippen LogP contribution in [-0.2, 0) is 14.3 Å². The van der Waals surface area contributed by atoms with Crippen LogP contribution in [0.25, 0.3) is 0 Å². The molecule has 0 saturated heterocycles. The van der Waals surface area contributed by atoms with Crippen molar-refractivity contribution in [3.05, 3.63) is 22.5 Å². The minimum atomic E-state index is -0.884. The molecule has 0 spiro atoms. The van der Waals surface area contributed by atoms with Gasteiger partial charge in [0.05, 0.1) is 23.8 Å². The Morgan fingerprint density at radius 3 is 2.42 bits per heavy atom. The molecule has 1 N–H and O–H groups in total. The molecule has 6 heteroatoms. The second-order valence-electron chi connectivity index (χ2n) is 6.27. The Hall–Kier alpha value is -2.11. The van der Waals surface area contributed by atoms with Crippen molar-refractivity contribution < 1.29 is 23.9 Å². The zero-order valence-electron chi connectivity index (χ0n) is 14.7. The number of ether oxygens (including phenoxy) is 2. The third kappa shape index (κ3) is 3.68. The Balaban J connectivity index is 2.12. The van der Waals surface area contributed by atoms with Crippen molar-refractivity contribution in [2.24, 2.45) is 5.92 Å². The van der Waals surface area contributed by atoms with Gasteiger partial charge in [-0.25, -0.2) is 4.79 Å². The van der Waals surface area contributed by atoms with E-state index in [1.165, 1.54) is 0 Å². The minimum absolute atomic E-state index is 0.0955. The van der Waals surface area contributed by atoms with E-state index < -0.39 is 12.1 Å². The van der Waals surface area contributed by atoms with E-state index >= 15 is 0 Å². The Kier molecular flexibility index (Phi) is 5.80. The Morgan fingerprint density at radius 1 is 1.21 bits per heavy atom. The van der Waals surface area contributed by atoms with Gasteiger partial charge in [0.15, 0.2) is 6.10 Å². The predicted octanol–water partition coefficient (Wildman–Crippen LogP) is 3.11. The first kappa shape index (κ1) is 18.2. The number of aromatic amines is 1. The van der Waals surface area contributed by atoms with Crippen LogP contribution in [0.15, 0.2) is 0 Å². The molecule has 1 aromatic rings. The fraction of sp³-hybridized carbons (Fsp3) is 0.611. The lowest BCUT2D eigenvalue weighted by Crippen LogP contribution is -2.28. The zero-order chi connectivity index (χ0) is 17.9. The second kappa shape index (κ2) is 7.64. The van der Waals surface area contributed by atoms with Gasteiger partial charge in [-0.05, 0) is 46.1 Å². The molecule has 0 aliphatic heterocycles. The molecule has 0 radical (unpaired) electrons. The lowest BCUT2D eigenvalue weighted by Gasteiger charge is -2.15. The van der Waals surface area contributed by atoms with Crippen LogP contribution in [-0.4, -0.2) is 35.4 Å². The largest absolute Gasteiger partial charge is 0.462 e. The number of nitrogens with one attached hydrogen (secondary N) is 1. The van der Waals surface area contributed by atoms with E-state index in [0.717, 1.165) is 25.7 Å². The number of ketones is 1. The molecule has 1 heterocycles. The summed E-state index contributed by atoms with van der Waals surface area (Å²) in [5.41, 5.74) is 1.76. The van der Waals surface area contributed by atoms with Crippen molar-refractivity contribution in [1.29, 1.82) is 0 Å². The van der Waals surface area contributed by atoms with Crippen molar-refractivity contribution in [2.75, 3.05) is 6.61 Å². The van der Waals surface area contributed by atoms with Crippen LogP contribution < -0.4 is 0 Å². The van der Waals surface area contributed by atoms with Gasteiger partial charge in [0, 0.05) is 5.69 Å². The highest BCUT2D eigenvalue weighted by Gasteiger charge is 2.30. The molecular formula is C18H25NO5. The summed E-state index contributed by atoms with van der Waals surface area (Å²) in [5.74, 6) is -1.20. The molecule has 0 bridgehead atoms. The predicted molar refractivity (Wildman–Crippen MR) is 88.1 cm³/mol. The number of H-pyrrole nitrogens is 1. The summed E-state index contributed by atoms with van der Waals surface area (Å²) < 4.78 is 10.4. The maximum Gasteiger partial charge on any atom is 0.340 e. The van der Waals surface area contributed by atoms with E-state index in [9.17, 15) is 14.4 Å². The molecule has 24 heavy (non-hydrogen) atoms. The highest BCUT2D eigenvalue weighted by Crippen LogP contribution is 2.27. The van der Waals surface area contributed by atoms with E-state index in [1.807, 2.05) is 0 Å². The number of carbonyl (C=O) groups excluding carboxylic acids is 3. The van der Waals surface area contributed by atoms with Crippen LogP contribution >= 0.6 is 0 Å². The van der Waals surface area contributed by atoms with Gasteiger partial charge in [-0.1, -0.05) is 12.8 Å². The van der Waals surface area contributed by atoms with Gasteiger partial charge in [0.1, 0.15) is 0 Å². The van der Waals surface area contributed by atoms with Crippen LogP contribution in [0.4, 0.5) is 0 Å². The van der Waals surface area contributed by atoms with Gasteiger partial charge in [0.2, 0.25) is 5.78 Å². The molecule has 1 fully saturated rings. The molecule has 1 saturated carbocycles. The maximum absolute atomic E-state index is 12.6. The number of hydrogen-bond acceptors (Lipinski definition) is 5. The van der Waals surface area contributed by atoms with Gasteiger partial charge in [0.25, 0.3) is 0 Å². The average Bonchev–Trinajstić information content (AvgIpc) is 3.15. The van der Waals surface area contributed by atoms with Crippen LogP contribution in [0.1, 0.15) is 71.6 Å². The molecule has 1 aliphatic carbocycles. The van der Waals surface area contributed by atoms with Crippen molar-refractivity contribution in [1.82, 2.24) is 4.98 Å². The second-order valence-corrected chi connectivity index (χ2v) is 6.27. The molecule has 1 atom stereocenters. The Bertz CT molecular complexity index is 640. The Morgan fingerprint density at radius 2 is 1.83 bits per heavy atom. The van der Waals surface area contributed by atoms with E-state index in [4.69, 9.17) is 9.47 Å². The average molecular weight is 335 g/mol. The third-order valence-electron chi connectivity index (χ3n) is 4.51. The number of aromatic nitrogens is 1. The number of Topliss-reactive ketones (excluding diaryl/α,β-unsaturated/α-hetero) is 1. The first-order chi connectivity index (χ1) is 11.4. The zero-order valence-corrected chi connectivity index (χ0v) is 14.7. The molecule has 0 aromatic carbocycles. The van der Waals surface area contributed by atoms with E-state index in [0.29, 0.717) is 22.5 Å². The molecule has 0 unspecified atom stereocenters. The topological polar surface area (TPSA) is 85.5 Å². The molecule has 1 aromatic heterocycles. The summed E-state index contributed by atoms with van der Waals surface area (Å²) in [5, 5.41) is 0. The SMILES string of the molecule is CCOC(=O)c1c(C)[nH]c(C(=O)[C@@H](C)OC(=O)C2CCCC2)c1C. The summed E-state index contributed by atoms with van der Waals surface area (Å²) in [7, 11) is 0. The third-order valence-corrected chi connectivity index (χ3v) is 4.51. The molecule has 0 amide bonds. The lowest BCUT2D eigenvalue weighted by atomic mass is 10.1. The van der Waals surface area contributed by atoms with E-state index in [2.05, 4.69) is 4.98 Å². The van der Waals surface area contributed by atoms with Crippen LogP contribution in [0, 0.1) is 19.8 Å². The molecular weight excluding hydrogens is 310 g/mol. The number of esters is 2. The molecule has 6 nitrogen and oxygen atoms in total. The van der Waals surface area contributed by atoms with Crippen LogP contribution in [0.3, 0.4) is 0 Å². The van der Waals surface area contributed by atoms with Gasteiger partial charge < -0.3 is 14.5 Å². The molecule has 1 aliphatic rings. The summed E-state index contributed by atoms with van der Waals surface area (Å²) in [4.78, 5) is 39.6. The smallest absolute Gasteiger partial charge is 0.340 e. The highest BCUT2D eigenvalue weighted by molar-refractivity contribution is 6.04. The van der Waals surface area contributed by atoms with Crippen LogP contribution in [0.2, 0.25) is 0 Å². The summed E-state index contributed by atoms with van der Waals surface area (Å²) in [6.07, 6.45) is 2.82. The van der Waals surface area contributed by atoms with Crippen LogP contribution in [0.5, 0.6) is 0 Å². The number of carbonyl (C=O) groups is 3. The standard InChI is InChI=1S/C18H25NO5/c1-5-23-18(22)14-10(2)15(19-11(14)3)16(20)12(4)24-17(21)13-8-6-7-9-13/h12-13,19H,5-9H2,1-4H3/t12-/m1/s1. The van der Waals surface area contributed by atoms with E-state index in [-0.39, 0.29) is 24.3 Å². The monoisotopic (exact) mass is 335 g/mol. The minimum Gasteiger partial charge on any atom is -0.462 e. The van der Waals surface area contributed by atoms with Crippen molar-refractivity contribution >= 4 is 17.7 Å². The van der Waals surface area contributed by atoms with Gasteiger partial charge in [-0.15, -0.1) is 0 Å². The lowest BCUT2D eigenvalue weighted by molar-refractivity contribution is -0.151. The fourth-order valence-electron chi connectivity index (χ4n) is 3.19. The number of rotatable bonds is 6. The maximum atomic E-state index is 12.6. The fourth-order valence-corrected chi connectivity index (χ4v) is 3.19. The quantitative estimate of drug-likeness (QED) is 0.638. The first-order valence-corrected chi connectivity index (χ1v) is 8.47. The summed E-state index contributed by atoms with van der Waals surface area (Å²) in [6, 6.07) is 0. The molecule has 132 valence electrons. The van der Waals surface area contributed by atoms with Gasteiger partial charge in [-0.3, -0.25) is 9.59 Å². The number of hydrogen-bond donors (Lipinski definition) is 1. The highest BCUT2D eigenvalue weighted by atomic mass is 16.5. The molecule has 2 rings (SSSR count). The van der Waals surface area contributed by atoms with E-state index in [1.54, 1.807) is 27.7 Å². The number of aryl methyl sites for hydroxylation is 1. The van der Waals surface area contributed by atoms with Crippen molar-refractivity contribution in [2.45, 2.75) is 59.5 Å². The first-order valence-electron chi connectivity index (χ1n) is 8.47. The Labute approximate surface area is 141 Å². The van der Waals surface area contributed by atoms with Crippen molar-refractivity contribution in [3.63, 3.8) is 0 Å². The normalized spacial score (nSPS) is 16.0. The van der Waals surface area contributed by atoms with Gasteiger partial charge >= 0.3 is 11.9 Å². The van der Waals surface area contributed by atoms with Gasteiger partial charge in [-0.2, -0.15) is 0 Å². The summed E-state index contributed by atoms with van der Waals surface area (Å²) in [6.45, 7) is 6.96. The van der Waals surface area contributed by atoms with Crippen molar-refractivity contribution in [3.8, 4) is 0 Å². The summed E-state index contributed by atoms with van der Waals surface area (Å²) >= 11 is 0.